The summed E-state index contributed by atoms with van der Waals surface area (Å²) in [5.41, 5.74) is 1.67. The van der Waals surface area contributed by atoms with E-state index >= 15 is 0 Å². The molecule has 2 aliphatic heterocycles. The van der Waals surface area contributed by atoms with Crippen LogP contribution in [0.15, 0.2) is 60.7 Å². The molecule has 0 N–H and O–H groups in total. The predicted molar refractivity (Wildman–Crippen MR) is 144 cm³/mol. The monoisotopic (exact) mass is 533 g/mol. The zero-order valence-electron chi connectivity index (χ0n) is 21.6. The van der Waals surface area contributed by atoms with Crippen molar-refractivity contribution < 1.29 is 18.3 Å². The van der Waals surface area contributed by atoms with Crippen molar-refractivity contribution in [2.24, 2.45) is 0 Å². The number of rotatable bonds is 6. The number of ether oxygens (including phenoxy) is 1. The van der Waals surface area contributed by atoms with Crippen molar-refractivity contribution >= 4 is 28.7 Å². The van der Waals surface area contributed by atoms with Crippen LogP contribution in [0.1, 0.15) is 29.0 Å². The topological polar surface area (TPSA) is 79.6 Å². The van der Waals surface area contributed by atoms with Crippen molar-refractivity contribution in [1.29, 1.82) is 0 Å². The fourth-order valence-electron chi connectivity index (χ4n) is 5.24. The Kier molecular flexibility index (Phi) is 6.82. The average Bonchev–Trinajstić information content (AvgIpc) is 3.63. The largest absolute Gasteiger partial charge is 0.378 e. The Balaban J connectivity index is 1.37. The summed E-state index contributed by atoms with van der Waals surface area (Å²) in [5, 5.41) is 0. The van der Waals surface area contributed by atoms with Crippen LogP contribution in [0.5, 0.6) is 0 Å². The highest BCUT2D eigenvalue weighted by Gasteiger charge is 2.32. The Morgan fingerprint density at radius 3 is 2.46 bits per heavy atom. The first kappa shape index (κ1) is 25.2. The number of nitrogens with zero attached hydrogens (tertiary/aromatic N) is 7. The lowest BCUT2D eigenvalue weighted by Crippen LogP contribution is -2.39. The summed E-state index contributed by atoms with van der Waals surface area (Å²) in [7, 11) is 1.89. The number of likely N-dealkylation sites (tertiary alicyclic amines) is 1. The second kappa shape index (κ2) is 10.6. The number of hydrogen-bond acceptors (Lipinski definition) is 7. The van der Waals surface area contributed by atoms with E-state index in [9.17, 15) is 13.6 Å². The molecule has 2 aromatic carbocycles. The zero-order valence-corrected chi connectivity index (χ0v) is 21.6. The smallest absolute Gasteiger partial charge is 0.296 e. The Hall–Kier alpha value is -4.12. The van der Waals surface area contributed by atoms with Gasteiger partial charge in [-0.3, -0.25) is 9.36 Å². The lowest BCUT2D eigenvalue weighted by molar-refractivity contribution is 0.0790. The summed E-state index contributed by atoms with van der Waals surface area (Å²) >= 11 is 0. The van der Waals surface area contributed by atoms with Crippen LogP contribution in [-0.2, 0) is 4.74 Å². The van der Waals surface area contributed by atoms with Crippen LogP contribution >= 0.6 is 0 Å². The third-order valence-corrected chi connectivity index (χ3v) is 7.37. The van der Waals surface area contributed by atoms with E-state index < -0.39 is 6.43 Å². The van der Waals surface area contributed by atoms with Crippen molar-refractivity contribution in [2.45, 2.75) is 18.9 Å². The Morgan fingerprint density at radius 2 is 1.69 bits per heavy atom. The molecule has 0 aliphatic carbocycles. The highest BCUT2D eigenvalue weighted by atomic mass is 19.3. The third-order valence-electron chi connectivity index (χ3n) is 7.37. The molecule has 4 heterocycles. The van der Waals surface area contributed by atoms with Crippen LogP contribution in [0.3, 0.4) is 0 Å². The van der Waals surface area contributed by atoms with E-state index in [2.05, 4.69) is 9.88 Å². The second-order valence-electron chi connectivity index (χ2n) is 9.75. The summed E-state index contributed by atoms with van der Waals surface area (Å²) in [6.07, 6.45) is -2.04. The van der Waals surface area contributed by atoms with Crippen molar-refractivity contribution in [3.8, 4) is 5.82 Å². The van der Waals surface area contributed by atoms with Gasteiger partial charge in [-0.1, -0.05) is 30.3 Å². The molecule has 4 aromatic rings. The molecule has 0 saturated carbocycles. The van der Waals surface area contributed by atoms with Crippen LogP contribution < -0.4 is 9.80 Å². The first-order valence-corrected chi connectivity index (χ1v) is 13.0. The molecule has 202 valence electrons. The van der Waals surface area contributed by atoms with Crippen LogP contribution in [0.4, 0.5) is 20.5 Å². The quantitative estimate of drug-likeness (QED) is 0.372. The summed E-state index contributed by atoms with van der Waals surface area (Å²) in [4.78, 5) is 32.7. The number of fused-ring (bicyclic) bond motifs is 1. The second-order valence-corrected chi connectivity index (χ2v) is 9.75. The maximum absolute atomic E-state index is 14.2. The van der Waals surface area contributed by atoms with Crippen molar-refractivity contribution in [2.75, 3.05) is 56.2 Å². The Labute approximate surface area is 224 Å². The van der Waals surface area contributed by atoms with Gasteiger partial charge in [0.1, 0.15) is 11.6 Å². The minimum atomic E-state index is -2.78. The number of aromatic nitrogens is 4. The molecule has 2 fully saturated rings. The number of imidazole rings is 1. The van der Waals surface area contributed by atoms with Crippen molar-refractivity contribution in [3.63, 3.8) is 0 Å². The molecule has 0 bridgehead atoms. The number of para-hydroxylation sites is 2. The molecule has 6 rings (SSSR count). The molecule has 0 unspecified atom stereocenters. The molecule has 0 spiro atoms. The Bertz CT molecular complexity index is 1470. The predicted octanol–water partition coefficient (Wildman–Crippen LogP) is 3.94. The molecular weight excluding hydrogens is 504 g/mol. The molecule has 0 radical (unpaired) electrons. The van der Waals surface area contributed by atoms with Gasteiger partial charge < -0.3 is 19.4 Å². The summed E-state index contributed by atoms with van der Waals surface area (Å²) in [6, 6.07) is 18.0. The number of hydrogen-bond donors (Lipinski definition) is 0. The highest BCUT2D eigenvalue weighted by Crippen LogP contribution is 2.30. The number of benzene rings is 2. The van der Waals surface area contributed by atoms with Crippen molar-refractivity contribution in [1.82, 2.24) is 24.4 Å². The van der Waals surface area contributed by atoms with E-state index in [-0.39, 0.29) is 17.8 Å². The molecule has 2 aromatic heterocycles. The van der Waals surface area contributed by atoms with Gasteiger partial charge in [-0.2, -0.15) is 9.97 Å². The Morgan fingerprint density at radius 1 is 0.974 bits per heavy atom. The van der Waals surface area contributed by atoms with E-state index in [0.717, 1.165) is 6.42 Å². The lowest BCUT2D eigenvalue weighted by Gasteiger charge is -2.30. The summed E-state index contributed by atoms with van der Waals surface area (Å²) < 4.78 is 35.3. The van der Waals surface area contributed by atoms with Gasteiger partial charge in [0.15, 0.2) is 5.82 Å². The number of likely N-dealkylation sites (N-methyl/N-ethyl adjacent to an activating group) is 1. The van der Waals surface area contributed by atoms with Crippen molar-refractivity contribution in [3.05, 3.63) is 72.1 Å². The summed E-state index contributed by atoms with van der Waals surface area (Å²) in [6.45, 7) is 3.50. The number of alkyl halides is 2. The maximum atomic E-state index is 14.2. The van der Waals surface area contributed by atoms with Gasteiger partial charge in [0.2, 0.25) is 5.95 Å². The molecule has 39 heavy (non-hydrogen) atoms. The first-order chi connectivity index (χ1) is 19.0. The van der Waals surface area contributed by atoms with Gasteiger partial charge in [-0.15, -0.1) is 0 Å². The third kappa shape index (κ3) is 4.89. The van der Waals surface area contributed by atoms with Crippen LogP contribution in [0.25, 0.3) is 16.9 Å². The van der Waals surface area contributed by atoms with Crippen LogP contribution in [0, 0.1) is 0 Å². The minimum Gasteiger partial charge on any atom is -0.378 e. The molecule has 11 heteroatoms. The van der Waals surface area contributed by atoms with E-state index in [1.807, 2.05) is 47.2 Å². The van der Waals surface area contributed by atoms with E-state index in [0.29, 0.717) is 73.6 Å². The van der Waals surface area contributed by atoms with Gasteiger partial charge in [-0.25, -0.2) is 13.8 Å². The number of carbonyl (C=O) groups is 1. The minimum absolute atomic E-state index is 0.0124. The molecule has 1 amide bonds. The number of amides is 1. The zero-order chi connectivity index (χ0) is 26.9. The molecular formula is C28H29F2N7O2. The van der Waals surface area contributed by atoms with Gasteiger partial charge in [-0.05, 0) is 30.7 Å². The van der Waals surface area contributed by atoms with Crippen LogP contribution in [-0.4, -0.2) is 82.8 Å². The number of morpholine rings is 1. The highest BCUT2D eigenvalue weighted by molar-refractivity contribution is 5.94. The molecule has 2 saturated heterocycles. The number of carbonyl (C=O) groups excluding carboxylic acids is 1. The summed E-state index contributed by atoms with van der Waals surface area (Å²) in [5.74, 6) is 0.996. The van der Waals surface area contributed by atoms with E-state index in [4.69, 9.17) is 14.7 Å². The fourth-order valence-corrected chi connectivity index (χ4v) is 5.24. The van der Waals surface area contributed by atoms with Gasteiger partial charge in [0.25, 0.3) is 12.3 Å². The standard InChI is InChI=1S/C28H29F2N7O2/c1-34(20-11-12-36(18-20)27(38)19-7-3-2-4-8-19)28-32-23(35-13-15-39-16-14-35)17-24(33-28)37-22-10-6-5-9-21(22)31-26(37)25(29)30/h2-10,17,20,25H,11-16,18H2,1H3/t20-/m0/s1. The van der Waals surface area contributed by atoms with Crippen LogP contribution in [0.2, 0.25) is 0 Å². The first-order valence-electron chi connectivity index (χ1n) is 13.0. The van der Waals surface area contributed by atoms with E-state index in [1.54, 1.807) is 30.3 Å². The van der Waals surface area contributed by atoms with Gasteiger partial charge in [0.05, 0.1) is 30.3 Å². The van der Waals surface area contributed by atoms with Gasteiger partial charge >= 0.3 is 0 Å². The number of anilines is 2. The molecule has 9 nitrogen and oxygen atoms in total. The van der Waals surface area contributed by atoms with E-state index in [1.165, 1.54) is 4.57 Å². The number of halogens is 2. The average molecular weight is 534 g/mol. The maximum Gasteiger partial charge on any atom is 0.296 e. The SMILES string of the molecule is CN(c1nc(N2CCOCC2)cc(-n2c(C(F)F)nc3ccccc32)n1)[C@H]1CCN(C(=O)c2ccccc2)C1. The molecule has 2 aliphatic rings. The molecule has 1 atom stereocenters. The fraction of sp³-hybridized carbons (Fsp3) is 0.357. The lowest BCUT2D eigenvalue weighted by atomic mass is 10.2. The van der Waals surface area contributed by atoms with Gasteiger partial charge in [0, 0.05) is 44.9 Å². The normalized spacial score (nSPS) is 17.8.